The van der Waals surface area contributed by atoms with Gasteiger partial charge in [0.15, 0.2) is 0 Å². The van der Waals surface area contributed by atoms with E-state index in [0.29, 0.717) is 11.6 Å². The van der Waals surface area contributed by atoms with Gasteiger partial charge in [0.05, 0.1) is 5.39 Å². The van der Waals surface area contributed by atoms with Crippen LogP contribution in [0, 0.1) is 0 Å². The Bertz CT molecular complexity index is 903. The Balaban J connectivity index is 1.67. The molecule has 1 amide bonds. The first-order chi connectivity index (χ1) is 11.7. The summed E-state index contributed by atoms with van der Waals surface area (Å²) in [6, 6.07) is 7.30. The van der Waals surface area contributed by atoms with E-state index in [2.05, 4.69) is 15.3 Å². The van der Waals surface area contributed by atoms with E-state index in [1.807, 2.05) is 24.3 Å². The number of rotatable bonds is 3. The number of amides is 1. The highest BCUT2D eigenvalue weighted by atomic mass is 32.1. The van der Waals surface area contributed by atoms with Crippen molar-refractivity contribution in [1.82, 2.24) is 9.97 Å². The highest BCUT2D eigenvalue weighted by Gasteiger charge is 2.20. The molecular weight excluding hydrogens is 322 g/mol. The first kappa shape index (κ1) is 15.1. The van der Waals surface area contributed by atoms with Crippen LogP contribution in [0.2, 0.25) is 0 Å². The van der Waals surface area contributed by atoms with Gasteiger partial charge in [-0.05, 0) is 55.5 Å². The van der Waals surface area contributed by atoms with Gasteiger partial charge in [0.25, 0.3) is 0 Å². The quantitative estimate of drug-likeness (QED) is 0.772. The summed E-state index contributed by atoms with van der Waals surface area (Å²) in [4.78, 5) is 22.3. The fourth-order valence-corrected chi connectivity index (χ4v) is 4.28. The van der Waals surface area contributed by atoms with Crippen molar-refractivity contribution in [2.45, 2.75) is 32.6 Å². The first-order valence-electron chi connectivity index (χ1n) is 8.01. The number of nitrogens with one attached hydrogen (secondary N) is 1. The van der Waals surface area contributed by atoms with Gasteiger partial charge in [-0.1, -0.05) is 0 Å². The van der Waals surface area contributed by atoms with E-state index in [-0.39, 0.29) is 5.91 Å². The maximum absolute atomic E-state index is 11.1. The Labute approximate surface area is 143 Å². The molecule has 2 aromatic heterocycles. The van der Waals surface area contributed by atoms with Gasteiger partial charge in [-0.2, -0.15) is 0 Å². The number of benzene rings is 1. The molecule has 0 atom stereocenters. The molecular formula is C18H17N3O2S. The number of ether oxygens (including phenoxy) is 1. The minimum Gasteiger partial charge on any atom is -0.438 e. The molecule has 1 aliphatic rings. The Morgan fingerprint density at radius 3 is 2.75 bits per heavy atom. The fourth-order valence-electron chi connectivity index (χ4n) is 3.06. The number of thiophene rings is 1. The van der Waals surface area contributed by atoms with Crippen molar-refractivity contribution in [3.8, 4) is 11.6 Å². The average molecular weight is 339 g/mol. The van der Waals surface area contributed by atoms with E-state index in [0.717, 1.165) is 28.7 Å². The Morgan fingerprint density at radius 1 is 1.17 bits per heavy atom. The van der Waals surface area contributed by atoms with Crippen LogP contribution in [0.4, 0.5) is 5.69 Å². The van der Waals surface area contributed by atoms with Crippen molar-refractivity contribution in [1.29, 1.82) is 0 Å². The molecule has 0 unspecified atom stereocenters. The number of nitrogens with zero attached hydrogens (tertiary/aromatic N) is 2. The van der Waals surface area contributed by atoms with Crippen LogP contribution in [0.1, 0.15) is 30.2 Å². The second-order valence-electron chi connectivity index (χ2n) is 5.88. The lowest BCUT2D eigenvalue weighted by Gasteiger charge is -2.12. The van der Waals surface area contributed by atoms with E-state index in [1.165, 1.54) is 30.2 Å². The van der Waals surface area contributed by atoms with Crippen LogP contribution in [0.3, 0.4) is 0 Å². The monoisotopic (exact) mass is 339 g/mol. The maximum atomic E-state index is 11.1. The zero-order valence-corrected chi connectivity index (χ0v) is 14.2. The number of carbonyl (C=O) groups excluding carboxylic acids is 1. The SMILES string of the molecule is CC(=O)Nc1ccc(Oc2ncnc3sc4c(c23)CCCC4)cc1. The molecule has 0 radical (unpaired) electrons. The van der Waals surface area contributed by atoms with Gasteiger partial charge >= 0.3 is 0 Å². The first-order valence-corrected chi connectivity index (χ1v) is 8.83. The summed E-state index contributed by atoms with van der Waals surface area (Å²) in [6.07, 6.45) is 6.21. The lowest BCUT2D eigenvalue weighted by molar-refractivity contribution is -0.114. The summed E-state index contributed by atoms with van der Waals surface area (Å²) >= 11 is 1.76. The largest absolute Gasteiger partial charge is 0.438 e. The van der Waals surface area contributed by atoms with Gasteiger partial charge in [0, 0.05) is 17.5 Å². The summed E-state index contributed by atoms with van der Waals surface area (Å²) in [5.74, 6) is 1.22. The second kappa shape index (κ2) is 6.20. The number of anilines is 1. The lowest BCUT2D eigenvalue weighted by atomic mass is 9.97. The summed E-state index contributed by atoms with van der Waals surface area (Å²) in [5, 5.41) is 3.80. The van der Waals surface area contributed by atoms with E-state index in [1.54, 1.807) is 17.7 Å². The molecule has 4 rings (SSSR count). The molecule has 3 aromatic rings. The molecule has 0 spiro atoms. The van der Waals surface area contributed by atoms with Crippen LogP contribution < -0.4 is 10.1 Å². The molecule has 2 heterocycles. The molecule has 1 aromatic carbocycles. The number of fused-ring (bicyclic) bond motifs is 3. The third-order valence-corrected chi connectivity index (χ3v) is 5.31. The van der Waals surface area contributed by atoms with Crippen LogP contribution in [0.5, 0.6) is 11.6 Å². The van der Waals surface area contributed by atoms with Crippen molar-refractivity contribution in [2.24, 2.45) is 0 Å². The van der Waals surface area contributed by atoms with Gasteiger partial charge in [-0.3, -0.25) is 4.79 Å². The van der Waals surface area contributed by atoms with Crippen LogP contribution in [0.25, 0.3) is 10.2 Å². The molecule has 5 nitrogen and oxygen atoms in total. The third-order valence-electron chi connectivity index (χ3n) is 4.11. The Kier molecular flexibility index (Phi) is 3.90. The minimum atomic E-state index is -0.0916. The number of hydrogen-bond acceptors (Lipinski definition) is 5. The van der Waals surface area contributed by atoms with Crippen LogP contribution in [-0.2, 0) is 17.6 Å². The van der Waals surface area contributed by atoms with Crippen LogP contribution in [0.15, 0.2) is 30.6 Å². The van der Waals surface area contributed by atoms with Gasteiger partial charge in [-0.25, -0.2) is 9.97 Å². The molecule has 0 saturated carbocycles. The van der Waals surface area contributed by atoms with Crippen molar-refractivity contribution in [3.63, 3.8) is 0 Å². The second-order valence-corrected chi connectivity index (χ2v) is 6.96. The number of carbonyl (C=O) groups is 1. The average Bonchev–Trinajstić information content (AvgIpc) is 2.96. The molecule has 1 N–H and O–H groups in total. The Hall–Kier alpha value is -2.47. The smallest absolute Gasteiger partial charge is 0.231 e. The van der Waals surface area contributed by atoms with Gasteiger partial charge in [0.1, 0.15) is 16.9 Å². The highest BCUT2D eigenvalue weighted by Crippen LogP contribution is 2.40. The predicted molar refractivity (Wildman–Crippen MR) is 94.9 cm³/mol. The molecule has 24 heavy (non-hydrogen) atoms. The van der Waals surface area contributed by atoms with Crippen molar-refractivity contribution >= 4 is 33.1 Å². The molecule has 1 aliphatic carbocycles. The van der Waals surface area contributed by atoms with E-state index < -0.39 is 0 Å². The van der Waals surface area contributed by atoms with E-state index >= 15 is 0 Å². The highest BCUT2D eigenvalue weighted by molar-refractivity contribution is 7.18. The van der Waals surface area contributed by atoms with E-state index in [4.69, 9.17) is 4.74 Å². The standard InChI is InChI=1S/C18H17N3O2S/c1-11(22)21-12-6-8-13(9-7-12)23-17-16-14-4-2-3-5-15(14)24-18(16)20-10-19-17/h6-10H,2-5H2,1H3,(H,21,22). The van der Waals surface area contributed by atoms with Crippen LogP contribution >= 0.6 is 11.3 Å². The zero-order chi connectivity index (χ0) is 16.5. The van der Waals surface area contributed by atoms with Gasteiger partial charge in [0.2, 0.25) is 11.8 Å². The molecule has 0 saturated heterocycles. The maximum Gasteiger partial charge on any atom is 0.231 e. The van der Waals surface area contributed by atoms with Crippen molar-refractivity contribution in [2.75, 3.05) is 5.32 Å². The summed E-state index contributed by atoms with van der Waals surface area (Å²) in [7, 11) is 0. The van der Waals surface area contributed by atoms with Crippen LogP contribution in [-0.4, -0.2) is 15.9 Å². The number of hydrogen-bond donors (Lipinski definition) is 1. The lowest BCUT2D eigenvalue weighted by Crippen LogP contribution is -2.05. The number of aromatic nitrogens is 2. The summed E-state index contributed by atoms with van der Waals surface area (Å²) in [5.41, 5.74) is 2.10. The molecule has 0 aliphatic heterocycles. The minimum absolute atomic E-state index is 0.0916. The van der Waals surface area contributed by atoms with Crippen molar-refractivity contribution < 1.29 is 9.53 Å². The summed E-state index contributed by atoms with van der Waals surface area (Å²) in [6.45, 7) is 1.49. The van der Waals surface area contributed by atoms with Gasteiger partial charge < -0.3 is 10.1 Å². The molecule has 122 valence electrons. The van der Waals surface area contributed by atoms with Gasteiger partial charge in [-0.15, -0.1) is 11.3 Å². The topological polar surface area (TPSA) is 64.1 Å². The third kappa shape index (κ3) is 2.85. The molecule has 0 bridgehead atoms. The van der Waals surface area contributed by atoms with E-state index in [9.17, 15) is 4.79 Å². The van der Waals surface area contributed by atoms with Crippen molar-refractivity contribution in [3.05, 3.63) is 41.0 Å². The fraction of sp³-hybridized carbons (Fsp3) is 0.278. The predicted octanol–water partition coefficient (Wildman–Crippen LogP) is 4.32. The molecule has 6 heteroatoms. The summed E-state index contributed by atoms with van der Waals surface area (Å²) < 4.78 is 6.02. The number of aryl methyl sites for hydroxylation is 2. The molecule has 0 fully saturated rings. The normalized spacial score (nSPS) is 13.5. The zero-order valence-electron chi connectivity index (χ0n) is 13.3. The Morgan fingerprint density at radius 2 is 1.96 bits per heavy atom.